The quantitative estimate of drug-likeness (QED) is 0.287. The highest BCUT2D eigenvalue weighted by Crippen LogP contribution is 2.04. The lowest BCUT2D eigenvalue weighted by atomic mass is 10.2. The van der Waals surface area contributed by atoms with Crippen LogP contribution in [0, 0.1) is 0 Å². The summed E-state index contributed by atoms with van der Waals surface area (Å²) in [6.07, 6.45) is 0. The van der Waals surface area contributed by atoms with E-state index in [1.807, 2.05) is 6.92 Å². The summed E-state index contributed by atoms with van der Waals surface area (Å²) in [5.41, 5.74) is 5.49. The summed E-state index contributed by atoms with van der Waals surface area (Å²) in [4.78, 5) is 2.15. The number of hydrogen-bond acceptors (Lipinski definition) is 3. The van der Waals surface area contributed by atoms with Crippen molar-refractivity contribution < 1.29 is 5.21 Å². The lowest BCUT2D eigenvalue weighted by Gasteiger charge is -2.30. The van der Waals surface area contributed by atoms with Crippen LogP contribution in [0.1, 0.15) is 27.7 Å². The minimum atomic E-state index is -0.000000000000000222. The van der Waals surface area contributed by atoms with Gasteiger partial charge in [0.1, 0.15) is 0 Å². The summed E-state index contributed by atoms with van der Waals surface area (Å²) in [5.74, 6) is 0.269. The molecule has 0 aromatic carbocycles. The topological polar surface area (TPSA) is 61.8 Å². The van der Waals surface area contributed by atoms with Gasteiger partial charge in [0.05, 0.1) is 6.04 Å². The highest BCUT2D eigenvalue weighted by Gasteiger charge is 2.18. The highest BCUT2D eigenvalue weighted by atomic mass is 16.4. The maximum atomic E-state index is 8.47. The number of nitrogens with two attached hydrogens (primary N) is 1. The number of oxime groups is 1. The standard InChI is InChI=1S/C8H19N3O/c1-5-11(6(2)3)7(4)8(9)10-12/h6-7,12H,5H2,1-4H3,(H2,9,10). The molecule has 1 unspecified atom stereocenters. The molecular formula is C8H19N3O. The Labute approximate surface area is 74.0 Å². The second-order valence-corrected chi connectivity index (χ2v) is 3.13. The third-order valence-electron chi connectivity index (χ3n) is 2.07. The molecule has 72 valence electrons. The van der Waals surface area contributed by atoms with Crippen molar-refractivity contribution in [3.8, 4) is 0 Å². The predicted octanol–water partition coefficient (Wildman–Crippen LogP) is 0.852. The van der Waals surface area contributed by atoms with Gasteiger partial charge in [0.25, 0.3) is 0 Å². The molecule has 0 spiro atoms. The minimum Gasteiger partial charge on any atom is -0.409 e. The summed E-state index contributed by atoms with van der Waals surface area (Å²) in [7, 11) is 0. The molecule has 1 atom stereocenters. The number of rotatable bonds is 4. The van der Waals surface area contributed by atoms with Gasteiger partial charge in [-0.1, -0.05) is 12.1 Å². The van der Waals surface area contributed by atoms with E-state index in [1.54, 1.807) is 0 Å². The Balaban J connectivity index is 4.31. The van der Waals surface area contributed by atoms with Gasteiger partial charge in [-0.15, -0.1) is 0 Å². The van der Waals surface area contributed by atoms with Crippen LogP contribution in [0.5, 0.6) is 0 Å². The Hall–Kier alpha value is -0.770. The van der Waals surface area contributed by atoms with Crippen molar-refractivity contribution in [3.05, 3.63) is 0 Å². The van der Waals surface area contributed by atoms with E-state index in [2.05, 4.69) is 30.8 Å². The monoisotopic (exact) mass is 173 g/mol. The Morgan fingerprint density at radius 3 is 2.25 bits per heavy atom. The summed E-state index contributed by atoms with van der Waals surface area (Å²) < 4.78 is 0. The summed E-state index contributed by atoms with van der Waals surface area (Å²) in [5, 5.41) is 11.5. The molecule has 0 aromatic rings. The number of likely N-dealkylation sites (N-methyl/N-ethyl adjacent to an activating group) is 1. The van der Waals surface area contributed by atoms with Crippen molar-refractivity contribution in [3.63, 3.8) is 0 Å². The number of hydrogen-bond donors (Lipinski definition) is 2. The molecule has 0 bridgehead atoms. The van der Waals surface area contributed by atoms with Gasteiger partial charge in [-0.2, -0.15) is 0 Å². The van der Waals surface area contributed by atoms with Crippen LogP contribution in [0.2, 0.25) is 0 Å². The molecule has 0 aliphatic rings. The first kappa shape index (κ1) is 11.2. The van der Waals surface area contributed by atoms with Crippen LogP contribution in [-0.2, 0) is 0 Å². The van der Waals surface area contributed by atoms with Gasteiger partial charge >= 0.3 is 0 Å². The molecule has 0 rings (SSSR count). The number of nitrogens with zero attached hydrogens (tertiary/aromatic N) is 2. The average molecular weight is 173 g/mol. The highest BCUT2D eigenvalue weighted by molar-refractivity contribution is 5.84. The maximum Gasteiger partial charge on any atom is 0.156 e. The van der Waals surface area contributed by atoms with Crippen molar-refractivity contribution in [2.75, 3.05) is 6.54 Å². The van der Waals surface area contributed by atoms with E-state index in [0.717, 1.165) is 6.54 Å². The molecule has 0 fully saturated rings. The van der Waals surface area contributed by atoms with Crippen LogP contribution >= 0.6 is 0 Å². The molecule has 0 saturated carbocycles. The fourth-order valence-corrected chi connectivity index (χ4v) is 1.34. The van der Waals surface area contributed by atoms with E-state index >= 15 is 0 Å². The first-order valence-corrected chi connectivity index (χ1v) is 4.27. The molecular weight excluding hydrogens is 154 g/mol. The van der Waals surface area contributed by atoms with Gasteiger partial charge < -0.3 is 10.9 Å². The molecule has 4 heteroatoms. The molecule has 4 nitrogen and oxygen atoms in total. The van der Waals surface area contributed by atoms with Crippen LogP contribution < -0.4 is 5.73 Å². The predicted molar refractivity (Wildman–Crippen MR) is 50.4 cm³/mol. The second kappa shape index (κ2) is 4.98. The van der Waals surface area contributed by atoms with Gasteiger partial charge in [-0.05, 0) is 27.3 Å². The van der Waals surface area contributed by atoms with Crippen molar-refractivity contribution >= 4 is 5.84 Å². The molecule has 12 heavy (non-hydrogen) atoms. The van der Waals surface area contributed by atoms with E-state index in [1.165, 1.54) is 0 Å². The molecule has 0 amide bonds. The van der Waals surface area contributed by atoms with Gasteiger partial charge in [-0.25, -0.2) is 0 Å². The zero-order valence-corrected chi connectivity index (χ0v) is 8.28. The molecule has 0 radical (unpaired) electrons. The van der Waals surface area contributed by atoms with Crippen molar-refractivity contribution in [1.82, 2.24) is 4.90 Å². The van der Waals surface area contributed by atoms with Crippen molar-refractivity contribution in [2.45, 2.75) is 39.8 Å². The summed E-state index contributed by atoms with van der Waals surface area (Å²) in [6.45, 7) is 9.06. The summed E-state index contributed by atoms with van der Waals surface area (Å²) >= 11 is 0. The molecule has 0 aliphatic carbocycles. The molecule has 3 N–H and O–H groups in total. The Kier molecular flexibility index (Phi) is 4.66. The van der Waals surface area contributed by atoms with Gasteiger partial charge in [0, 0.05) is 6.04 Å². The normalized spacial score (nSPS) is 15.7. The third-order valence-corrected chi connectivity index (χ3v) is 2.07. The van der Waals surface area contributed by atoms with Gasteiger partial charge in [-0.3, -0.25) is 4.90 Å². The Morgan fingerprint density at radius 1 is 1.50 bits per heavy atom. The van der Waals surface area contributed by atoms with E-state index in [-0.39, 0.29) is 11.9 Å². The zero-order valence-electron chi connectivity index (χ0n) is 8.28. The van der Waals surface area contributed by atoms with E-state index < -0.39 is 0 Å². The maximum absolute atomic E-state index is 8.47. The second-order valence-electron chi connectivity index (χ2n) is 3.13. The van der Waals surface area contributed by atoms with Crippen molar-refractivity contribution in [2.24, 2.45) is 10.9 Å². The van der Waals surface area contributed by atoms with Crippen LogP contribution in [0.15, 0.2) is 5.16 Å². The van der Waals surface area contributed by atoms with Gasteiger partial charge in [0.2, 0.25) is 0 Å². The van der Waals surface area contributed by atoms with Crippen LogP contribution in [0.25, 0.3) is 0 Å². The van der Waals surface area contributed by atoms with Crippen LogP contribution in [0.4, 0.5) is 0 Å². The first-order valence-electron chi connectivity index (χ1n) is 4.27. The molecule has 0 aliphatic heterocycles. The van der Waals surface area contributed by atoms with Crippen LogP contribution in [-0.4, -0.2) is 34.6 Å². The smallest absolute Gasteiger partial charge is 0.156 e. The molecule has 0 saturated heterocycles. The molecule has 0 heterocycles. The lowest BCUT2D eigenvalue weighted by molar-refractivity contribution is 0.207. The SMILES string of the molecule is CCN(C(C)C)C(C)C(N)=NO. The largest absolute Gasteiger partial charge is 0.409 e. The summed E-state index contributed by atoms with van der Waals surface area (Å²) in [6, 6.07) is 0.408. The van der Waals surface area contributed by atoms with Crippen molar-refractivity contribution in [1.29, 1.82) is 0 Å². The number of amidine groups is 1. The third kappa shape index (κ3) is 2.70. The van der Waals surface area contributed by atoms with Gasteiger partial charge in [0.15, 0.2) is 5.84 Å². The van der Waals surface area contributed by atoms with E-state index in [9.17, 15) is 0 Å². The zero-order chi connectivity index (χ0) is 9.72. The fraction of sp³-hybridized carbons (Fsp3) is 0.875. The average Bonchev–Trinajstić information content (AvgIpc) is 2.03. The first-order chi connectivity index (χ1) is 5.54. The Bertz CT molecular complexity index is 156. The Morgan fingerprint density at radius 2 is 2.00 bits per heavy atom. The van der Waals surface area contributed by atoms with E-state index in [4.69, 9.17) is 10.9 Å². The lowest BCUT2D eigenvalue weighted by Crippen LogP contribution is -2.46. The fourth-order valence-electron chi connectivity index (χ4n) is 1.34. The van der Waals surface area contributed by atoms with Crippen LogP contribution in [0.3, 0.4) is 0 Å². The van der Waals surface area contributed by atoms with E-state index in [0.29, 0.717) is 6.04 Å². The molecule has 0 aromatic heterocycles. The minimum absolute atomic E-state index is 0.000000000000000222.